The summed E-state index contributed by atoms with van der Waals surface area (Å²) in [7, 11) is 0. The zero-order chi connectivity index (χ0) is 9.97. The summed E-state index contributed by atoms with van der Waals surface area (Å²) in [5, 5.41) is 3.25. The maximum absolute atomic E-state index is 4.20. The molecule has 0 aliphatic carbocycles. The van der Waals surface area contributed by atoms with Crippen molar-refractivity contribution < 1.29 is 0 Å². The van der Waals surface area contributed by atoms with Crippen LogP contribution in [-0.4, -0.2) is 15.9 Å². The predicted octanol–water partition coefficient (Wildman–Crippen LogP) is 2.65. The molecule has 72 valence electrons. The SMILES string of the molecule is C=C(Br)CNc1cccc2nccn12. The van der Waals surface area contributed by atoms with Crippen LogP contribution in [0.4, 0.5) is 5.82 Å². The number of anilines is 1. The zero-order valence-corrected chi connectivity index (χ0v) is 9.16. The zero-order valence-electron chi connectivity index (χ0n) is 7.57. The molecule has 0 unspecified atom stereocenters. The number of aromatic nitrogens is 2. The third-order valence-corrected chi connectivity index (χ3v) is 2.17. The molecule has 0 saturated heterocycles. The minimum atomic E-state index is 0.706. The first-order chi connectivity index (χ1) is 6.77. The molecule has 2 rings (SSSR count). The van der Waals surface area contributed by atoms with Crippen LogP contribution in [-0.2, 0) is 0 Å². The highest BCUT2D eigenvalue weighted by molar-refractivity contribution is 9.11. The minimum Gasteiger partial charge on any atom is -0.367 e. The number of hydrogen-bond donors (Lipinski definition) is 1. The molecule has 0 aliphatic heterocycles. The van der Waals surface area contributed by atoms with Gasteiger partial charge in [0, 0.05) is 23.4 Å². The van der Waals surface area contributed by atoms with Gasteiger partial charge in [0.25, 0.3) is 0 Å². The molecule has 1 N–H and O–H groups in total. The summed E-state index contributed by atoms with van der Waals surface area (Å²) in [5.74, 6) is 1.01. The van der Waals surface area contributed by atoms with Gasteiger partial charge in [-0.05, 0) is 12.1 Å². The molecule has 0 atom stereocenters. The van der Waals surface area contributed by atoms with Gasteiger partial charge in [0.15, 0.2) is 0 Å². The largest absolute Gasteiger partial charge is 0.367 e. The first-order valence-electron chi connectivity index (χ1n) is 4.26. The Kier molecular flexibility index (Phi) is 2.54. The Morgan fingerprint density at radius 3 is 3.21 bits per heavy atom. The molecule has 0 saturated carbocycles. The summed E-state index contributed by atoms with van der Waals surface area (Å²) < 4.78 is 2.92. The second-order valence-corrected chi connectivity index (χ2v) is 4.06. The number of rotatable bonds is 3. The van der Waals surface area contributed by atoms with Crippen molar-refractivity contribution in [1.82, 2.24) is 9.38 Å². The van der Waals surface area contributed by atoms with Crippen LogP contribution in [0.5, 0.6) is 0 Å². The fourth-order valence-electron chi connectivity index (χ4n) is 1.28. The third kappa shape index (κ3) is 1.80. The summed E-state index contributed by atoms with van der Waals surface area (Å²) in [6.45, 7) is 4.47. The Bertz CT molecular complexity index is 461. The van der Waals surface area contributed by atoms with Gasteiger partial charge >= 0.3 is 0 Å². The number of fused-ring (bicyclic) bond motifs is 1. The monoisotopic (exact) mass is 251 g/mol. The van der Waals surface area contributed by atoms with E-state index in [4.69, 9.17) is 0 Å². The first-order valence-corrected chi connectivity index (χ1v) is 5.06. The lowest BCUT2D eigenvalue weighted by Crippen LogP contribution is -2.04. The molecule has 0 radical (unpaired) electrons. The van der Waals surface area contributed by atoms with Crippen LogP contribution in [0, 0.1) is 0 Å². The second-order valence-electron chi connectivity index (χ2n) is 2.94. The molecule has 2 aromatic rings. The molecule has 14 heavy (non-hydrogen) atoms. The van der Waals surface area contributed by atoms with Crippen molar-refractivity contribution >= 4 is 27.4 Å². The quantitative estimate of drug-likeness (QED) is 0.909. The Hall–Kier alpha value is -1.29. The first kappa shape index (κ1) is 9.27. The fourth-order valence-corrected chi connectivity index (χ4v) is 1.42. The lowest BCUT2D eigenvalue weighted by atomic mass is 10.4. The van der Waals surface area contributed by atoms with E-state index in [0.717, 1.165) is 15.9 Å². The number of nitrogens with zero attached hydrogens (tertiary/aromatic N) is 2. The summed E-state index contributed by atoms with van der Waals surface area (Å²) in [6.07, 6.45) is 3.71. The highest BCUT2D eigenvalue weighted by Gasteiger charge is 1.98. The van der Waals surface area contributed by atoms with Gasteiger partial charge in [-0.25, -0.2) is 4.98 Å². The van der Waals surface area contributed by atoms with Gasteiger partial charge in [0.05, 0.1) is 0 Å². The molecule has 0 aromatic carbocycles. The number of imidazole rings is 1. The normalized spacial score (nSPS) is 10.4. The van der Waals surface area contributed by atoms with Crippen LogP contribution in [0.1, 0.15) is 0 Å². The van der Waals surface area contributed by atoms with Crippen molar-refractivity contribution in [3.05, 3.63) is 41.7 Å². The maximum atomic E-state index is 4.20. The molecule has 0 amide bonds. The van der Waals surface area contributed by atoms with E-state index in [0.29, 0.717) is 6.54 Å². The summed E-state index contributed by atoms with van der Waals surface area (Å²) in [5.41, 5.74) is 0.940. The average molecular weight is 252 g/mol. The van der Waals surface area contributed by atoms with Gasteiger partial charge in [0.2, 0.25) is 0 Å². The molecule has 4 heteroatoms. The molecule has 0 bridgehead atoms. The van der Waals surface area contributed by atoms with Gasteiger partial charge in [-0.1, -0.05) is 28.6 Å². The Balaban J connectivity index is 2.32. The predicted molar refractivity (Wildman–Crippen MR) is 61.7 cm³/mol. The van der Waals surface area contributed by atoms with Crippen molar-refractivity contribution in [3.8, 4) is 0 Å². The average Bonchev–Trinajstić information content (AvgIpc) is 2.62. The maximum Gasteiger partial charge on any atom is 0.138 e. The van der Waals surface area contributed by atoms with Crippen LogP contribution in [0.25, 0.3) is 5.65 Å². The Labute approximate surface area is 90.6 Å². The van der Waals surface area contributed by atoms with Crippen molar-refractivity contribution in [2.75, 3.05) is 11.9 Å². The highest BCUT2D eigenvalue weighted by Crippen LogP contribution is 2.12. The van der Waals surface area contributed by atoms with Crippen LogP contribution in [0.15, 0.2) is 41.7 Å². The second kappa shape index (κ2) is 3.84. The molecular weight excluding hydrogens is 242 g/mol. The molecular formula is C10H10BrN3. The van der Waals surface area contributed by atoms with Crippen LogP contribution >= 0.6 is 15.9 Å². The molecule has 2 heterocycles. The van der Waals surface area contributed by atoms with Crippen LogP contribution in [0.2, 0.25) is 0 Å². The number of hydrogen-bond acceptors (Lipinski definition) is 2. The van der Waals surface area contributed by atoms with E-state index >= 15 is 0 Å². The smallest absolute Gasteiger partial charge is 0.138 e. The summed E-state index contributed by atoms with van der Waals surface area (Å²) in [6, 6.07) is 5.94. The molecule has 0 aliphatic rings. The van der Waals surface area contributed by atoms with E-state index in [2.05, 4.69) is 32.8 Å². The molecule has 0 spiro atoms. The number of nitrogens with one attached hydrogen (secondary N) is 1. The van der Waals surface area contributed by atoms with Crippen LogP contribution in [0.3, 0.4) is 0 Å². The van der Waals surface area contributed by atoms with Crippen molar-refractivity contribution in [1.29, 1.82) is 0 Å². The fraction of sp³-hybridized carbons (Fsp3) is 0.100. The topological polar surface area (TPSA) is 29.3 Å². The molecule has 0 fully saturated rings. The van der Waals surface area contributed by atoms with Crippen molar-refractivity contribution in [2.24, 2.45) is 0 Å². The van der Waals surface area contributed by atoms with Gasteiger partial charge in [-0.15, -0.1) is 0 Å². The Morgan fingerprint density at radius 1 is 1.57 bits per heavy atom. The van der Waals surface area contributed by atoms with E-state index < -0.39 is 0 Å². The summed E-state index contributed by atoms with van der Waals surface area (Å²) >= 11 is 3.30. The van der Waals surface area contributed by atoms with E-state index in [9.17, 15) is 0 Å². The van der Waals surface area contributed by atoms with Gasteiger partial charge < -0.3 is 5.32 Å². The molecule has 3 nitrogen and oxygen atoms in total. The Morgan fingerprint density at radius 2 is 2.43 bits per heavy atom. The van der Waals surface area contributed by atoms with Crippen molar-refractivity contribution in [2.45, 2.75) is 0 Å². The van der Waals surface area contributed by atoms with Crippen molar-refractivity contribution in [3.63, 3.8) is 0 Å². The minimum absolute atomic E-state index is 0.706. The van der Waals surface area contributed by atoms with Gasteiger partial charge in [-0.3, -0.25) is 4.40 Å². The lowest BCUT2D eigenvalue weighted by Gasteiger charge is -2.07. The van der Waals surface area contributed by atoms with E-state index in [1.165, 1.54) is 0 Å². The third-order valence-electron chi connectivity index (χ3n) is 1.89. The standard InChI is InChI=1S/C10H10BrN3/c1-8(11)7-13-10-4-2-3-9-12-5-6-14(9)10/h2-6,13H,1,7H2. The lowest BCUT2D eigenvalue weighted by molar-refractivity contribution is 1.14. The van der Waals surface area contributed by atoms with E-state index in [-0.39, 0.29) is 0 Å². The van der Waals surface area contributed by atoms with Gasteiger partial charge in [-0.2, -0.15) is 0 Å². The van der Waals surface area contributed by atoms with E-state index in [1.54, 1.807) is 6.20 Å². The van der Waals surface area contributed by atoms with E-state index in [1.807, 2.05) is 28.8 Å². The van der Waals surface area contributed by atoms with Crippen LogP contribution < -0.4 is 5.32 Å². The highest BCUT2D eigenvalue weighted by atomic mass is 79.9. The van der Waals surface area contributed by atoms with Gasteiger partial charge in [0.1, 0.15) is 11.5 Å². The number of halogens is 1. The number of pyridine rings is 1. The summed E-state index contributed by atoms with van der Waals surface area (Å²) in [4.78, 5) is 4.20. The molecule has 2 aromatic heterocycles.